The van der Waals surface area contributed by atoms with Crippen LogP contribution in [0.3, 0.4) is 0 Å². The molecule has 9 nitrogen and oxygen atoms in total. The molecule has 3 aliphatic carbocycles. The number of piperidine rings is 3. The first-order valence-electron chi connectivity index (χ1n) is 18.8. The lowest BCUT2D eigenvalue weighted by Gasteiger charge is -2.46. The lowest BCUT2D eigenvalue weighted by Crippen LogP contribution is -2.58. The van der Waals surface area contributed by atoms with Crippen LogP contribution in [-0.4, -0.2) is 107 Å². The summed E-state index contributed by atoms with van der Waals surface area (Å²) in [5, 5.41) is 0. The summed E-state index contributed by atoms with van der Waals surface area (Å²) in [6.45, 7) is 12.1. The summed E-state index contributed by atoms with van der Waals surface area (Å²) in [4.78, 5) is 54.7. The smallest absolute Gasteiger partial charge is 0.397 e. The van der Waals surface area contributed by atoms with Crippen molar-refractivity contribution in [1.29, 1.82) is 0 Å². The molecule has 294 valence electrons. The number of likely N-dealkylation sites (tertiary alicyclic amines) is 2. The van der Waals surface area contributed by atoms with Gasteiger partial charge in [-0.3, -0.25) is 24.1 Å². The number of alkyl halides is 6. The zero-order valence-corrected chi connectivity index (χ0v) is 30.9. The van der Waals surface area contributed by atoms with Gasteiger partial charge >= 0.3 is 24.3 Å². The Balaban J connectivity index is 0.000000181. The fraction of sp³-hybridized carbons (Fsp3) is 0.892. The van der Waals surface area contributed by atoms with Gasteiger partial charge in [-0.05, 0) is 116 Å². The van der Waals surface area contributed by atoms with Gasteiger partial charge in [0.05, 0.1) is 22.9 Å². The highest BCUT2D eigenvalue weighted by atomic mass is 19.4. The summed E-state index contributed by atoms with van der Waals surface area (Å²) in [6.07, 6.45) is -6.37. The highest BCUT2D eigenvalue weighted by Crippen LogP contribution is 2.53. The van der Waals surface area contributed by atoms with E-state index in [1.54, 1.807) is 41.5 Å². The van der Waals surface area contributed by atoms with Crippen molar-refractivity contribution >= 4 is 23.8 Å². The zero-order chi connectivity index (χ0) is 38.3. The molecular weight excluding hydrogens is 696 g/mol. The van der Waals surface area contributed by atoms with Crippen molar-refractivity contribution in [3.63, 3.8) is 0 Å². The van der Waals surface area contributed by atoms with Gasteiger partial charge in [0, 0.05) is 31.7 Å². The van der Waals surface area contributed by atoms with Gasteiger partial charge in [-0.1, -0.05) is 0 Å². The van der Waals surface area contributed by atoms with E-state index in [2.05, 4.69) is 4.90 Å². The van der Waals surface area contributed by atoms with Crippen LogP contribution in [0.25, 0.3) is 0 Å². The lowest BCUT2D eigenvalue weighted by atomic mass is 9.78. The summed E-state index contributed by atoms with van der Waals surface area (Å²) in [7, 11) is 0. The molecule has 4 saturated heterocycles. The number of carbonyl (C=O) groups excluding carboxylic acids is 4. The maximum atomic E-state index is 12.9. The molecule has 0 aromatic rings. The third-order valence-corrected chi connectivity index (χ3v) is 12.1. The first-order valence-corrected chi connectivity index (χ1v) is 18.8. The third-order valence-electron chi connectivity index (χ3n) is 12.1. The Morgan fingerprint density at radius 3 is 1.56 bits per heavy atom. The van der Waals surface area contributed by atoms with Gasteiger partial charge in [0.15, 0.2) is 0 Å². The quantitative estimate of drug-likeness (QED) is 0.238. The minimum absolute atomic E-state index is 0.00402. The van der Waals surface area contributed by atoms with E-state index >= 15 is 0 Å². The van der Waals surface area contributed by atoms with Gasteiger partial charge in [-0.2, -0.15) is 26.3 Å². The normalized spacial score (nSPS) is 35.3. The van der Waals surface area contributed by atoms with E-state index in [-0.39, 0.29) is 47.7 Å². The van der Waals surface area contributed by atoms with E-state index in [0.29, 0.717) is 19.0 Å². The van der Waals surface area contributed by atoms with E-state index in [0.717, 1.165) is 38.6 Å². The second-order valence-electron chi connectivity index (χ2n) is 18.6. The number of hydrogen-bond acceptors (Lipinski definition) is 7. The van der Waals surface area contributed by atoms with Gasteiger partial charge in [0.2, 0.25) is 11.8 Å². The predicted octanol–water partition coefficient (Wildman–Crippen LogP) is 6.13. The monoisotopic (exact) mass is 749 g/mol. The van der Waals surface area contributed by atoms with E-state index in [4.69, 9.17) is 9.47 Å². The van der Waals surface area contributed by atoms with Crippen LogP contribution in [0.1, 0.15) is 99.3 Å². The van der Waals surface area contributed by atoms with Gasteiger partial charge in [0.25, 0.3) is 0 Å². The van der Waals surface area contributed by atoms with Crippen molar-refractivity contribution in [3.05, 3.63) is 0 Å². The predicted molar refractivity (Wildman–Crippen MR) is 175 cm³/mol. The molecule has 0 N–H and O–H groups in total. The summed E-state index contributed by atoms with van der Waals surface area (Å²) in [5.74, 6) is -1.16. The van der Waals surface area contributed by atoms with Crippen molar-refractivity contribution in [1.82, 2.24) is 14.7 Å². The molecule has 0 aromatic heterocycles. The summed E-state index contributed by atoms with van der Waals surface area (Å²) < 4.78 is 88.2. The fourth-order valence-corrected chi connectivity index (χ4v) is 9.81. The Bertz CT molecular complexity index is 1400. The largest absolute Gasteiger partial charge is 0.459 e. The molecule has 10 atom stereocenters. The first kappa shape index (κ1) is 39.1. The minimum Gasteiger partial charge on any atom is -0.459 e. The third kappa shape index (κ3) is 8.38. The number of rotatable bonds is 6. The Kier molecular flexibility index (Phi) is 10.2. The number of esters is 2. The second-order valence-corrected chi connectivity index (χ2v) is 18.6. The SMILES string of the molecule is CC(C)(C)C(=O)O[C@@H]1C2[C@H]3CC(C[C@@H]1C3)CN2C(=O)CC(F)(F)F.CC(C)(C)C(=O)O[C@@H]1C2[C@H]3CC(C[C@@H]1N3CC1CC1)CN2C(=O)CC(F)(F)F. The number of carbonyl (C=O) groups is 4. The number of hydrogen-bond donors (Lipinski definition) is 0. The van der Waals surface area contributed by atoms with Crippen LogP contribution in [0.2, 0.25) is 0 Å². The zero-order valence-electron chi connectivity index (χ0n) is 30.9. The Morgan fingerprint density at radius 1 is 0.596 bits per heavy atom. The molecule has 4 heterocycles. The van der Waals surface area contributed by atoms with Crippen LogP contribution in [0, 0.1) is 40.4 Å². The van der Waals surface area contributed by atoms with Crippen molar-refractivity contribution in [2.45, 2.75) is 148 Å². The van der Waals surface area contributed by atoms with Crippen LogP contribution in [0.5, 0.6) is 0 Å². The van der Waals surface area contributed by atoms with Gasteiger partial charge in [0.1, 0.15) is 25.0 Å². The molecule has 3 saturated carbocycles. The summed E-state index contributed by atoms with van der Waals surface area (Å²) in [5.41, 5.74) is -1.37. The molecule has 52 heavy (non-hydrogen) atoms. The topological polar surface area (TPSA) is 96.5 Å². The molecule has 4 unspecified atom stereocenters. The fourth-order valence-electron chi connectivity index (χ4n) is 9.81. The average Bonchev–Trinajstić information content (AvgIpc) is 3.77. The van der Waals surface area contributed by atoms with Crippen LogP contribution in [0.15, 0.2) is 0 Å². The highest BCUT2D eigenvalue weighted by molar-refractivity contribution is 5.79. The van der Waals surface area contributed by atoms with Crippen molar-refractivity contribution < 1.29 is 55.0 Å². The molecule has 2 amide bonds. The maximum Gasteiger partial charge on any atom is 0.397 e. The van der Waals surface area contributed by atoms with E-state index < -0.39 is 72.1 Å². The molecule has 6 bridgehead atoms. The first-order chi connectivity index (χ1) is 23.9. The van der Waals surface area contributed by atoms with Gasteiger partial charge in [-0.25, -0.2) is 0 Å². The van der Waals surface area contributed by atoms with Crippen LogP contribution in [0.4, 0.5) is 26.3 Å². The Labute approximate surface area is 301 Å². The molecule has 7 aliphatic rings. The Hall–Kier alpha value is -2.58. The van der Waals surface area contributed by atoms with Crippen molar-refractivity contribution in [2.75, 3.05) is 19.6 Å². The molecule has 15 heteroatoms. The van der Waals surface area contributed by atoms with E-state index in [9.17, 15) is 45.5 Å². The van der Waals surface area contributed by atoms with Gasteiger partial charge < -0.3 is 19.3 Å². The van der Waals surface area contributed by atoms with Crippen LogP contribution >= 0.6 is 0 Å². The van der Waals surface area contributed by atoms with E-state index in [1.807, 2.05) is 0 Å². The molecular formula is C37H53F6N3O6. The number of nitrogens with zero attached hydrogens (tertiary/aromatic N) is 3. The Morgan fingerprint density at radius 2 is 1.06 bits per heavy atom. The van der Waals surface area contributed by atoms with Crippen molar-refractivity contribution in [2.24, 2.45) is 40.4 Å². The van der Waals surface area contributed by atoms with Crippen LogP contribution in [-0.2, 0) is 28.7 Å². The number of ether oxygens (including phenoxy) is 2. The summed E-state index contributed by atoms with van der Waals surface area (Å²) in [6, 6.07) is -0.865. The molecule has 4 aliphatic heterocycles. The molecule has 0 aromatic carbocycles. The lowest BCUT2D eigenvalue weighted by molar-refractivity contribution is -0.173. The molecule has 7 fully saturated rings. The average molecular weight is 750 g/mol. The minimum atomic E-state index is -4.53. The standard InChI is InChI=1S/C20H29F3N2O3.C17H24F3NO3/c1-19(2,3)18(27)28-17-14-7-12-6-13(24(14)9-11-4-5-11)16(17)25(10-12)15(26)8-20(21,22)23;1-16(2,3)15(23)24-14-11-5-9-4-10(6-11)13(14)21(8-9)12(22)7-17(18,19)20/h11-14,16-17H,4-10H2,1-3H3;9-11,13-14H,4-8H2,1-3H3/t12?,13-,14+,16?,17+;9?,10-,11+,13?,14-/m10/s1. The molecule has 0 radical (unpaired) electrons. The number of fused-ring (bicyclic) bond motifs is 4. The van der Waals surface area contributed by atoms with Crippen LogP contribution < -0.4 is 0 Å². The molecule has 7 rings (SSSR count). The molecule has 0 spiro atoms. The second kappa shape index (κ2) is 13.6. The van der Waals surface area contributed by atoms with E-state index in [1.165, 1.54) is 22.6 Å². The summed E-state index contributed by atoms with van der Waals surface area (Å²) >= 11 is 0. The van der Waals surface area contributed by atoms with Gasteiger partial charge in [-0.15, -0.1) is 0 Å². The van der Waals surface area contributed by atoms with Crippen molar-refractivity contribution in [3.8, 4) is 0 Å². The number of amides is 2. The maximum absolute atomic E-state index is 12.9. The number of halogens is 6. The highest BCUT2D eigenvalue weighted by Gasteiger charge is 2.62.